The summed E-state index contributed by atoms with van der Waals surface area (Å²) in [6.07, 6.45) is 19.7. The number of nitrogens with zero attached hydrogens (tertiary/aromatic N) is 1. The van der Waals surface area contributed by atoms with Gasteiger partial charge in [0.1, 0.15) is 0 Å². The van der Waals surface area contributed by atoms with Crippen LogP contribution in [-0.4, -0.2) is 0 Å². The van der Waals surface area contributed by atoms with Crippen LogP contribution in [0, 0.1) is 20.8 Å². The van der Waals surface area contributed by atoms with E-state index < -0.39 is 0 Å². The van der Waals surface area contributed by atoms with Gasteiger partial charge in [0.05, 0.1) is 0 Å². The Balaban J connectivity index is 1.26. The molecule has 6 rings (SSSR count). The van der Waals surface area contributed by atoms with E-state index in [1.165, 1.54) is 55.8 Å². The Kier molecular flexibility index (Phi) is 9.71. The van der Waals surface area contributed by atoms with Crippen molar-refractivity contribution < 1.29 is 0 Å². The smallest absolute Gasteiger partial charge is 0.0458 e. The number of hydrogen-bond acceptors (Lipinski definition) is 1. The van der Waals surface area contributed by atoms with Gasteiger partial charge >= 0.3 is 0 Å². The fraction of sp³-hybridized carbons (Fsp3) is 0.111. The molecule has 0 saturated carbocycles. The van der Waals surface area contributed by atoms with Gasteiger partial charge in [0.2, 0.25) is 0 Å². The van der Waals surface area contributed by atoms with Gasteiger partial charge in [-0.25, -0.2) is 0 Å². The zero-order valence-corrected chi connectivity index (χ0v) is 27.0. The molecule has 0 bridgehead atoms. The molecule has 46 heavy (non-hydrogen) atoms. The average Bonchev–Trinajstić information content (AvgIpc) is 3.09. The van der Waals surface area contributed by atoms with Crippen molar-refractivity contribution in [3.05, 3.63) is 195 Å². The molecular formula is C45H41N. The second kappa shape index (κ2) is 14.6. The lowest BCUT2D eigenvalue weighted by atomic mass is 9.99. The number of hydrogen-bond donors (Lipinski definition) is 0. The molecular weight excluding hydrogens is 555 g/mol. The molecule has 0 aromatic heterocycles. The minimum Gasteiger partial charge on any atom is -0.314 e. The van der Waals surface area contributed by atoms with Crippen molar-refractivity contribution in [1.82, 2.24) is 0 Å². The minimum absolute atomic E-state index is 0.966. The molecule has 0 atom stereocenters. The second-order valence-corrected chi connectivity index (χ2v) is 12.2. The Morgan fingerprint density at radius 2 is 0.696 bits per heavy atom. The van der Waals surface area contributed by atoms with Gasteiger partial charge in [-0.1, -0.05) is 156 Å². The van der Waals surface area contributed by atoms with Crippen molar-refractivity contribution in [1.29, 1.82) is 0 Å². The standard InChI is InChI=1S/C45H41N/c1-34-4-10-37(11-5-34)16-19-40-22-28-43(29-23-40)46(44-30-24-41(25-31-44)20-17-38-12-6-35(2)7-13-38)45-32-26-42(27-33-45)21-18-39-14-8-36(3)9-15-39/h4-26,28-32H,27,33H2,1-3H3/b19-16+,20-17+,21-18+. The molecule has 0 heterocycles. The van der Waals surface area contributed by atoms with Crippen molar-refractivity contribution in [3.8, 4) is 0 Å². The number of benzene rings is 5. The van der Waals surface area contributed by atoms with E-state index in [9.17, 15) is 0 Å². The Hall–Kier alpha value is -5.40. The zero-order chi connectivity index (χ0) is 31.7. The topological polar surface area (TPSA) is 3.24 Å². The Morgan fingerprint density at radius 3 is 1.02 bits per heavy atom. The van der Waals surface area contributed by atoms with Gasteiger partial charge in [-0.05, 0) is 97.3 Å². The van der Waals surface area contributed by atoms with E-state index in [-0.39, 0.29) is 0 Å². The van der Waals surface area contributed by atoms with Crippen molar-refractivity contribution >= 4 is 41.8 Å². The predicted octanol–water partition coefficient (Wildman–Crippen LogP) is 12.4. The van der Waals surface area contributed by atoms with E-state index in [1.807, 2.05) is 0 Å². The number of rotatable bonds is 9. The van der Waals surface area contributed by atoms with Crippen LogP contribution in [0.3, 0.4) is 0 Å². The Morgan fingerprint density at radius 1 is 0.370 bits per heavy atom. The van der Waals surface area contributed by atoms with Gasteiger partial charge in [-0.2, -0.15) is 0 Å². The molecule has 5 aromatic carbocycles. The highest BCUT2D eigenvalue weighted by molar-refractivity contribution is 5.76. The van der Waals surface area contributed by atoms with Gasteiger partial charge in [-0.3, -0.25) is 0 Å². The van der Waals surface area contributed by atoms with E-state index >= 15 is 0 Å². The molecule has 5 aromatic rings. The molecule has 1 aliphatic carbocycles. The highest BCUT2D eigenvalue weighted by atomic mass is 15.1. The van der Waals surface area contributed by atoms with Gasteiger partial charge in [0.25, 0.3) is 0 Å². The largest absolute Gasteiger partial charge is 0.314 e. The van der Waals surface area contributed by atoms with Gasteiger partial charge < -0.3 is 4.90 Å². The third-order valence-corrected chi connectivity index (χ3v) is 8.41. The van der Waals surface area contributed by atoms with Crippen LogP contribution in [-0.2, 0) is 0 Å². The second-order valence-electron chi connectivity index (χ2n) is 12.2. The van der Waals surface area contributed by atoms with Crippen LogP contribution in [0.25, 0.3) is 30.4 Å². The number of aryl methyl sites for hydroxylation is 3. The lowest BCUT2D eigenvalue weighted by Crippen LogP contribution is -2.17. The molecule has 0 unspecified atom stereocenters. The lowest BCUT2D eigenvalue weighted by Gasteiger charge is -2.30. The van der Waals surface area contributed by atoms with Crippen LogP contribution in [0.15, 0.2) is 151 Å². The molecule has 226 valence electrons. The normalized spacial score (nSPS) is 13.4. The Bertz CT molecular complexity index is 1790. The van der Waals surface area contributed by atoms with Crippen LogP contribution in [0.5, 0.6) is 0 Å². The van der Waals surface area contributed by atoms with Crippen LogP contribution >= 0.6 is 0 Å². The minimum atomic E-state index is 0.966. The third kappa shape index (κ3) is 8.20. The summed E-state index contributed by atoms with van der Waals surface area (Å²) in [5.74, 6) is 0. The van der Waals surface area contributed by atoms with E-state index in [0.29, 0.717) is 0 Å². The molecule has 0 fully saturated rings. The fourth-order valence-electron chi connectivity index (χ4n) is 5.54. The molecule has 0 saturated heterocycles. The first-order valence-corrected chi connectivity index (χ1v) is 16.1. The van der Waals surface area contributed by atoms with E-state index in [4.69, 9.17) is 0 Å². The number of allylic oxidation sites excluding steroid dienone is 5. The fourth-order valence-corrected chi connectivity index (χ4v) is 5.54. The molecule has 0 radical (unpaired) electrons. The monoisotopic (exact) mass is 595 g/mol. The van der Waals surface area contributed by atoms with E-state index in [0.717, 1.165) is 24.2 Å². The molecule has 0 spiro atoms. The summed E-state index contributed by atoms with van der Waals surface area (Å²) in [7, 11) is 0. The highest BCUT2D eigenvalue weighted by Crippen LogP contribution is 2.35. The summed E-state index contributed by atoms with van der Waals surface area (Å²) in [6, 6.07) is 43.7. The van der Waals surface area contributed by atoms with Crippen LogP contribution < -0.4 is 4.90 Å². The van der Waals surface area contributed by atoms with Gasteiger partial charge in [0.15, 0.2) is 0 Å². The summed E-state index contributed by atoms with van der Waals surface area (Å²) < 4.78 is 0. The summed E-state index contributed by atoms with van der Waals surface area (Å²) in [5, 5.41) is 0. The molecule has 1 heteroatoms. The van der Waals surface area contributed by atoms with Crippen LogP contribution in [0.2, 0.25) is 0 Å². The summed E-state index contributed by atoms with van der Waals surface area (Å²) >= 11 is 0. The van der Waals surface area contributed by atoms with Crippen molar-refractivity contribution in [3.63, 3.8) is 0 Å². The SMILES string of the molecule is Cc1ccc(/C=C/C2=CC=C(N(c3ccc(/C=C/c4ccc(C)cc4)cc3)c3ccc(/C=C/c4ccc(C)cc4)cc3)CC2)cc1. The maximum Gasteiger partial charge on any atom is 0.0458 e. The van der Waals surface area contributed by atoms with Crippen molar-refractivity contribution in [2.24, 2.45) is 0 Å². The zero-order valence-electron chi connectivity index (χ0n) is 27.0. The van der Waals surface area contributed by atoms with Crippen molar-refractivity contribution in [2.75, 3.05) is 4.90 Å². The number of anilines is 2. The maximum atomic E-state index is 2.40. The highest BCUT2D eigenvalue weighted by Gasteiger charge is 2.17. The third-order valence-electron chi connectivity index (χ3n) is 8.41. The molecule has 1 nitrogen and oxygen atoms in total. The van der Waals surface area contributed by atoms with Gasteiger partial charge in [-0.15, -0.1) is 0 Å². The van der Waals surface area contributed by atoms with E-state index in [1.54, 1.807) is 0 Å². The molecule has 0 aliphatic heterocycles. The lowest BCUT2D eigenvalue weighted by molar-refractivity contribution is 0.892. The first-order valence-electron chi connectivity index (χ1n) is 16.1. The molecule has 1 aliphatic rings. The quantitative estimate of drug-likeness (QED) is 0.153. The van der Waals surface area contributed by atoms with Gasteiger partial charge in [0, 0.05) is 17.1 Å². The maximum absolute atomic E-state index is 2.40. The first-order chi connectivity index (χ1) is 22.5. The van der Waals surface area contributed by atoms with Crippen molar-refractivity contribution in [2.45, 2.75) is 33.6 Å². The predicted molar refractivity (Wildman–Crippen MR) is 201 cm³/mol. The summed E-state index contributed by atoms with van der Waals surface area (Å²) in [6.45, 7) is 6.36. The Labute approximate surface area is 274 Å². The van der Waals surface area contributed by atoms with E-state index in [2.05, 4.69) is 196 Å². The molecule has 0 amide bonds. The average molecular weight is 596 g/mol. The van der Waals surface area contributed by atoms with Crippen LogP contribution in [0.4, 0.5) is 11.4 Å². The summed E-state index contributed by atoms with van der Waals surface area (Å²) in [4.78, 5) is 2.40. The van der Waals surface area contributed by atoms with Crippen LogP contribution in [0.1, 0.15) is 57.3 Å². The summed E-state index contributed by atoms with van der Waals surface area (Å²) in [5.41, 5.74) is 14.8. The molecule has 0 N–H and O–H groups in total. The first kappa shape index (κ1) is 30.6.